The van der Waals surface area contributed by atoms with E-state index in [1.165, 1.54) is 12.1 Å². The third-order valence-electron chi connectivity index (χ3n) is 6.10. The van der Waals surface area contributed by atoms with E-state index in [0.29, 0.717) is 18.6 Å². The average molecular weight is 431 g/mol. The molecule has 162 valence electrons. The van der Waals surface area contributed by atoms with E-state index in [1.807, 2.05) is 12.1 Å². The summed E-state index contributed by atoms with van der Waals surface area (Å²) in [4.78, 5) is 11.7. The van der Waals surface area contributed by atoms with Gasteiger partial charge in [-0.05, 0) is 66.9 Å². The fourth-order valence-corrected chi connectivity index (χ4v) is 4.67. The molecule has 5 nitrogen and oxygen atoms in total. The molecule has 1 aliphatic rings. The lowest BCUT2D eigenvalue weighted by molar-refractivity contribution is 0.0697. The second-order valence-corrected chi connectivity index (χ2v) is 8.02. The van der Waals surface area contributed by atoms with Crippen molar-refractivity contribution in [2.45, 2.75) is 18.8 Å². The number of phenolic OH excluding ortho intramolecular Hbond substituents is 1. The van der Waals surface area contributed by atoms with Crippen LogP contribution in [0.2, 0.25) is 0 Å². The minimum atomic E-state index is -1.01. The van der Waals surface area contributed by atoms with Gasteiger partial charge in [-0.1, -0.05) is 18.2 Å². The second-order valence-electron chi connectivity index (χ2n) is 8.02. The lowest BCUT2D eigenvalue weighted by atomic mass is 9.89. The number of fused-ring (bicyclic) bond motifs is 1. The molecule has 1 fully saturated rings. The first-order chi connectivity index (χ1) is 15.5. The quantitative estimate of drug-likeness (QED) is 0.433. The Hall–Kier alpha value is -3.64. The molecular weight excluding hydrogens is 409 g/mol. The largest absolute Gasteiger partial charge is 0.507 e. The van der Waals surface area contributed by atoms with Crippen molar-refractivity contribution in [2.24, 2.45) is 0 Å². The monoisotopic (exact) mass is 431 g/mol. The maximum Gasteiger partial charge on any atom is 0.335 e. The molecular formula is C26H22FNO4. The number of rotatable bonds is 4. The molecule has 1 aliphatic heterocycles. The molecule has 0 spiro atoms. The zero-order valence-corrected chi connectivity index (χ0v) is 17.3. The van der Waals surface area contributed by atoms with Gasteiger partial charge in [0, 0.05) is 41.5 Å². The van der Waals surface area contributed by atoms with Gasteiger partial charge < -0.3 is 19.5 Å². The lowest BCUT2D eigenvalue weighted by Gasteiger charge is -2.26. The van der Waals surface area contributed by atoms with Gasteiger partial charge in [-0.2, -0.15) is 0 Å². The molecule has 0 aliphatic carbocycles. The zero-order valence-electron chi connectivity index (χ0n) is 17.3. The minimum absolute atomic E-state index is 0.118. The lowest BCUT2D eigenvalue weighted by Crippen LogP contribution is -2.17. The van der Waals surface area contributed by atoms with E-state index < -0.39 is 5.97 Å². The highest BCUT2D eigenvalue weighted by Gasteiger charge is 2.29. The summed E-state index contributed by atoms with van der Waals surface area (Å²) in [6.45, 7) is 1.24. The normalized spacial score (nSPS) is 14.7. The Balaban J connectivity index is 1.89. The number of ether oxygens (including phenoxy) is 1. The molecule has 1 saturated heterocycles. The molecule has 1 aromatic heterocycles. The van der Waals surface area contributed by atoms with E-state index in [4.69, 9.17) is 4.74 Å². The Kier molecular flexibility index (Phi) is 5.15. The summed E-state index contributed by atoms with van der Waals surface area (Å²) in [7, 11) is 0. The molecule has 0 unspecified atom stereocenters. The molecule has 3 aromatic carbocycles. The van der Waals surface area contributed by atoms with Crippen LogP contribution in [0.4, 0.5) is 4.39 Å². The van der Waals surface area contributed by atoms with Crippen molar-refractivity contribution < 1.29 is 24.1 Å². The van der Waals surface area contributed by atoms with Gasteiger partial charge in [0.1, 0.15) is 11.6 Å². The van der Waals surface area contributed by atoms with Crippen molar-refractivity contribution in [2.75, 3.05) is 13.2 Å². The van der Waals surface area contributed by atoms with Crippen molar-refractivity contribution in [3.05, 3.63) is 83.8 Å². The molecule has 2 heterocycles. The van der Waals surface area contributed by atoms with Crippen LogP contribution in [0.15, 0.2) is 66.7 Å². The smallest absolute Gasteiger partial charge is 0.335 e. The highest BCUT2D eigenvalue weighted by molar-refractivity contribution is 6.04. The summed E-state index contributed by atoms with van der Waals surface area (Å²) in [6.07, 6.45) is 1.59. The van der Waals surface area contributed by atoms with Gasteiger partial charge in [0.15, 0.2) is 0 Å². The zero-order chi connectivity index (χ0) is 22.2. The number of phenols is 1. The van der Waals surface area contributed by atoms with E-state index >= 15 is 0 Å². The third-order valence-corrected chi connectivity index (χ3v) is 6.10. The van der Waals surface area contributed by atoms with E-state index in [1.54, 1.807) is 42.5 Å². The number of hydrogen-bond donors (Lipinski definition) is 2. The molecule has 2 N–H and O–H groups in total. The van der Waals surface area contributed by atoms with Crippen molar-refractivity contribution in [3.8, 4) is 22.6 Å². The Labute approximate surface area is 184 Å². The second kappa shape index (κ2) is 8.13. The Morgan fingerprint density at radius 1 is 1.00 bits per heavy atom. The molecule has 0 bridgehead atoms. The molecule has 0 radical (unpaired) electrons. The number of carboxylic acids is 1. The Bertz CT molecular complexity index is 1300. The minimum Gasteiger partial charge on any atom is -0.507 e. The summed E-state index contributed by atoms with van der Waals surface area (Å²) in [5.74, 6) is -1.09. The van der Waals surface area contributed by atoms with Gasteiger partial charge in [-0.3, -0.25) is 0 Å². The van der Waals surface area contributed by atoms with Crippen LogP contribution >= 0.6 is 0 Å². The topological polar surface area (TPSA) is 71.7 Å². The van der Waals surface area contributed by atoms with Crippen LogP contribution in [-0.2, 0) is 4.74 Å². The number of halogens is 1. The van der Waals surface area contributed by atoms with Crippen LogP contribution < -0.4 is 0 Å². The summed E-state index contributed by atoms with van der Waals surface area (Å²) in [6, 6.07) is 18.4. The highest BCUT2D eigenvalue weighted by atomic mass is 19.1. The summed E-state index contributed by atoms with van der Waals surface area (Å²) in [5.41, 5.74) is 4.24. The first-order valence-electron chi connectivity index (χ1n) is 10.6. The first-order valence-corrected chi connectivity index (χ1v) is 10.6. The molecule has 0 atom stereocenters. The third kappa shape index (κ3) is 3.42. The SMILES string of the molecule is O=C(O)c1cccc(-c2c(C3CCOCC3)n(-c3ccc(F)cc3)c3cccc(O)c23)c1. The maximum absolute atomic E-state index is 13.7. The van der Waals surface area contributed by atoms with Crippen LogP contribution in [0.25, 0.3) is 27.7 Å². The van der Waals surface area contributed by atoms with E-state index in [9.17, 15) is 19.4 Å². The van der Waals surface area contributed by atoms with Crippen molar-refractivity contribution in [3.63, 3.8) is 0 Å². The fraction of sp³-hybridized carbons (Fsp3) is 0.192. The Morgan fingerprint density at radius 2 is 1.72 bits per heavy atom. The van der Waals surface area contributed by atoms with Crippen molar-refractivity contribution in [1.29, 1.82) is 0 Å². The molecule has 0 saturated carbocycles. The van der Waals surface area contributed by atoms with Gasteiger partial charge in [0.05, 0.1) is 11.1 Å². The van der Waals surface area contributed by atoms with Crippen molar-refractivity contribution >= 4 is 16.9 Å². The predicted octanol–water partition coefficient (Wildman–Crippen LogP) is 5.73. The summed E-state index contributed by atoms with van der Waals surface area (Å²) < 4.78 is 21.4. The molecule has 32 heavy (non-hydrogen) atoms. The predicted molar refractivity (Wildman–Crippen MR) is 120 cm³/mol. The van der Waals surface area contributed by atoms with E-state index in [0.717, 1.165) is 40.9 Å². The maximum atomic E-state index is 13.7. The molecule has 0 amide bonds. The number of nitrogens with zero attached hydrogens (tertiary/aromatic N) is 1. The summed E-state index contributed by atoms with van der Waals surface area (Å²) >= 11 is 0. The van der Waals surface area contributed by atoms with Gasteiger partial charge in [-0.25, -0.2) is 9.18 Å². The fourth-order valence-electron chi connectivity index (χ4n) is 4.67. The van der Waals surface area contributed by atoms with Crippen LogP contribution in [0.1, 0.15) is 34.8 Å². The molecule has 6 heteroatoms. The number of benzene rings is 3. The average Bonchev–Trinajstić information content (AvgIpc) is 3.17. The van der Waals surface area contributed by atoms with E-state index in [-0.39, 0.29) is 23.0 Å². The van der Waals surface area contributed by atoms with Crippen LogP contribution in [-0.4, -0.2) is 34.0 Å². The van der Waals surface area contributed by atoms with Crippen molar-refractivity contribution in [1.82, 2.24) is 4.57 Å². The van der Waals surface area contributed by atoms with Crippen LogP contribution in [0.3, 0.4) is 0 Å². The van der Waals surface area contributed by atoms with Crippen LogP contribution in [0, 0.1) is 5.82 Å². The standard InChI is InChI=1S/C26H22FNO4/c27-19-7-9-20(10-8-19)28-21-5-2-6-22(29)24(21)23(25(28)16-11-13-32-14-12-16)17-3-1-4-18(15-17)26(30)31/h1-10,15-16,29H,11-14H2,(H,30,31). The molecule has 5 rings (SSSR count). The number of aromatic hydroxyl groups is 1. The highest BCUT2D eigenvalue weighted by Crippen LogP contribution is 2.46. The number of carboxylic acid groups (broad SMARTS) is 1. The van der Waals surface area contributed by atoms with Gasteiger partial charge >= 0.3 is 5.97 Å². The molecule has 4 aromatic rings. The van der Waals surface area contributed by atoms with Gasteiger partial charge in [-0.15, -0.1) is 0 Å². The first kappa shape index (κ1) is 20.3. The number of hydrogen-bond acceptors (Lipinski definition) is 3. The van der Waals surface area contributed by atoms with Gasteiger partial charge in [0.25, 0.3) is 0 Å². The van der Waals surface area contributed by atoms with Crippen LogP contribution in [0.5, 0.6) is 5.75 Å². The summed E-state index contributed by atoms with van der Waals surface area (Å²) in [5, 5.41) is 21.1. The number of aromatic nitrogens is 1. The number of aromatic carboxylic acids is 1. The number of carbonyl (C=O) groups is 1. The Morgan fingerprint density at radius 3 is 2.44 bits per heavy atom. The van der Waals surface area contributed by atoms with E-state index in [2.05, 4.69) is 4.57 Å². The van der Waals surface area contributed by atoms with Gasteiger partial charge in [0.2, 0.25) is 0 Å².